The molecule has 0 fully saturated rings. The van der Waals surface area contributed by atoms with E-state index in [0.29, 0.717) is 6.54 Å². The summed E-state index contributed by atoms with van der Waals surface area (Å²) >= 11 is 1.59. The lowest BCUT2D eigenvalue weighted by Crippen LogP contribution is -2.02. The van der Waals surface area contributed by atoms with Crippen molar-refractivity contribution in [1.82, 2.24) is 9.97 Å². The number of hydrogen-bond donors (Lipinski definition) is 1. The summed E-state index contributed by atoms with van der Waals surface area (Å²) in [6.45, 7) is 2.49. The predicted octanol–water partition coefficient (Wildman–Crippen LogP) is 3.52. The molecule has 6 nitrogen and oxygen atoms in total. The zero-order chi connectivity index (χ0) is 14.8. The molecule has 0 saturated heterocycles. The fourth-order valence-electron chi connectivity index (χ4n) is 2.06. The van der Waals surface area contributed by atoms with Gasteiger partial charge in [-0.15, -0.1) is 11.3 Å². The highest BCUT2D eigenvalue weighted by molar-refractivity contribution is 7.18. The topological polar surface area (TPSA) is 81.0 Å². The molecular weight excluding hydrogens is 288 g/mol. The third-order valence-corrected chi connectivity index (χ3v) is 4.21. The molecule has 0 amide bonds. The van der Waals surface area contributed by atoms with Gasteiger partial charge in [0.2, 0.25) is 0 Å². The van der Waals surface area contributed by atoms with Crippen LogP contribution in [0.4, 0.5) is 11.5 Å². The fourth-order valence-corrected chi connectivity index (χ4v) is 3.03. The van der Waals surface area contributed by atoms with E-state index in [0.717, 1.165) is 27.2 Å². The second-order valence-electron chi connectivity index (χ2n) is 4.60. The molecule has 2 aromatic heterocycles. The van der Waals surface area contributed by atoms with E-state index in [1.54, 1.807) is 23.5 Å². The maximum Gasteiger partial charge on any atom is 0.269 e. The van der Waals surface area contributed by atoms with Gasteiger partial charge in [-0.25, -0.2) is 9.97 Å². The Bertz CT molecular complexity index is 816. The highest BCUT2D eigenvalue weighted by Gasteiger charge is 2.09. The molecule has 0 bridgehead atoms. The Kier molecular flexibility index (Phi) is 3.49. The predicted molar refractivity (Wildman–Crippen MR) is 82.6 cm³/mol. The number of aromatic nitrogens is 2. The van der Waals surface area contributed by atoms with Crippen LogP contribution >= 0.6 is 11.3 Å². The number of rotatable bonds is 4. The number of nitro groups is 1. The van der Waals surface area contributed by atoms with E-state index in [4.69, 9.17) is 0 Å². The zero-order valence-electron chi connectivity index (χ0n) is 11.2. The van der Waals surface area contributed by atoms with Crippen LogP contribution in [-0.4, -0.2) is 14.9 Å². The Morgan fingerprint density at radius 1 is 1.38 bits per heavy atom. The van der Waals surface area contributed by atoms with Gasteiger partial charge in [-0.2, -0.15) is 0 Å². The van der Waals surface area contributed by atoms with E-state index in [1.807, 2.05) is 18.4 Å². The minimum absolute atomic E-state index is 0.0918. The van der Waals surface area contributed by atoms with Crippen molar-refractivity contribution in [3.8, 4) is 0 Å². The summed E-state index contributed by atoms with van der Waals surface area (Å²) < 4.78 is 1.00. The van der Waals surface area contributed by atoms with Crippen molar-refractivity contribution in [3.63, 3.8) is 0 Å². The summed E-state index contributed by atoms with van der Waals surface area (Å²) in [6.07, 6.45) is 1.53. The van der Waals surface area contributed by atoms with Crippen molar-refractivity contribution in [2.45, 2.75) is 13.5 Å². The molecule has 106 valence electrons. The summed E-state index contributed by atoms with van der Waals surface area (Å²) in [5, 5.41) is 16.0. The Hall–Kier alpha value is -2.54. The molecule has 0 aliphatic heterocycles. The van der Waals surface area contributed by atoms with Crippen LogP contribution < -0.4 is 5.32 Å². The molecule has 0 radical (unpaired) electrons. The number of nitrogens with zero attached hydrogens (tertiary/aromatic N) is 3. The van der Waals surface area contributed by atoms with Gasteiger partial charge in [0.25, 0.3) is 5.69 Å². The van der Waals surface area contributed by atoms with Gasteiger partial charge in [0, 0.05) is 18.7 Å². The molecule has 21 heavy (non-hydrogen) atoms. The number of anilines is 1. The monoisotopic (exact) mass is 300 g/mol. The molecule has 0 atom stereocenters. The normalized spacial score (nSPS) is 10.7. The first-order chi connectivity index (χ1) is 10.1. The number of nitrogens with one attached hydrogen (secondary N) is 1. The first-order valence-corrected chi connectivity index (χ1v) is 7.19. The number of fused-ring (bicyclic) bond motifs is 1. The second kappa shape index (κ2) is 5.45. The first kappa shape index (κ1) is 13.4. The Balaban J connectivity index is 1.83. The summed E-state index contributed by atoms with van der Waals surface area (Å²) in [5.74, 6) is 0.754. The van der Waals surface area contributed by atoms with E-state index in [1.165, 1.54) is 12.4 Å². The van der Waals surface area contributed by atoms with Gasteiger partial charge in [-0.1, -0.05) is 12.1 Å². The van der Waals surface area contributed by atoms with Crippen LogP contribution in [-0.2, 0) is 6.54 Å². The Morgan fingerprint density at radius 3 is 3.05 bits per heavy atom. The van der Waals surface area contributed by atoms with Gasteiger partial charge < -0.3 is 5.32 Å². The number of non-ortho nitro benzene ring substituents is 1. The lowest BCUT2D eigenvalue weighted by Gasteiger charge is -2.06. The number of hydrogen-bond acceptors (Lipinski definition) is 6. The minimum atomic E-state index is -0.394. The van der Waals surface area contributed by atoms with Crippen molar-refractivity contribution in [1.29, 1.82) is 0 Å². The highest BCUT2D eigenvalue weighted by Crippen LogP contribution is 2.28. The van der Waals surface area contributed by atoms with E-state index < -0.39 is 4.92 Å². The van der Waals surface area contributed by atoms with Crippen LogP contribution in [0.25, 0.3) is 10.2 Å². The summed E-state index contributed by atoms with van der Waals surface area (Å²) in [7, 11) is 0. The molecule has 3 aromatic rings. The SMILES string of the molecule is Cc1csc2c(NCc3cccc([N+](=O)[O-])c3)ncnc12. The Labute approximate surface area is 124 Å². The van der Waals surface area contributed by atoms with Gasteiger partial charge in [-0.3, -0.25) is 10.1 Å². The standard InChI is InChI=1S/C14H12N4O2S/c1-9-7-21-13-12(9)16-8-17-14(13)15-6-10-3-2-4-11(5-10)18(19)20/h2-5,7-8H,6H2,1H3,(H,15,16,17). The van der Waals surface area contributed by atoms with Crippen LogP contribution in [0.1, 0.15) is 11.1 Å². The number of thiophene rings is 1. The maximum atomic E-state index is 10.8. The third-order valence-electron chi connectivity index (χ3n) is 3.11. The Morgan fingerprint density at radius 2 is 2.24 bits per heavy atom. The molecule has 7 heteroatoms. The molecular formula is C14H12N4O2S. The fraction of sp³-hybridized carbons (Fsp3) is 0.143. The number of aryl methyl sites for hydroxylation is 1. The van der Waals surface area contributed by atoms with E-state index in [-0.39, 0.29) is 5.69 Å². The maximum absolute atomic E-state index is 10.8. The second-order valence-corrected chi connectivity index (χ2v) is 5.48. The largest absolute Gasteiger partial charge is 0.365 e. The smallest absolute Gasteiger partial charge is 0.269 e. The summed E-state index contributed by atoms with van der Waals surface area (Å²) in [6, 6.07) is 6.57. The van der Waals surface area contributed by atoms with E-state index in [2.05, 4.69) is 15.3 Å². The van der Waals surface area contributed by atoms with Crippen molar-refractivity contribution >= 4 is 33.1 Å². The summed E-state index contributed by atoms with van der Waals surface area (Å²) in [4.78, 5) is 18.9. The van der Waals surface area contributed by atoms with Crippen LogP contribution in [0.15, 0.2) is 36.0 Å². The quantitative estimate of drug-likeness (QED) is 0.589. The molecule has 1 aromatic carbocycles. The zero-order valence-corrected chi connectivity index (χ0v) is 12.1. The highest BCUT2D eigenvalue weighted by atomic mass is 32.1. The minimum Gasteiger partial charge on any atom is -0.365 e. The van der Waals surface area contributed by atoms with Crippen LogP contribution in [0.2, 0.25) is 0 Å². The molecule has 1 N–H and O–H groups in total. The molecule has 3 rings (SSSR count). The third kappa shape index (κ3) is 2.68. The average molecular weight is 300 g/mol. The molecule has 0 aliphatic carbocycles. The van der Waals surface area contributed by atoms with Gasteiger partial charge in [0.05, 0.1) is 15.1 Å². The molecule has 0 saturated carbocycles. The van der Waals surface area contributed by atoms with Crippen LogP contribution in [0.5, 0.6) is 0 Å². The van der Waals surface area contributed by atoms with Gasteiger partial charge in [-0.05, 0) is 23.4 Å². The van der Waals surface area contributed by atoms with Crippen LogP contribution in [0, 0.1) is 17.0 Å². The van der Waals surface area contributed by atoms with Crippen molar-refractivity contribution in [3.05, 3.63) is 57.2 Å². The van der Waals surface area contributed by atoms with Crippen molar-refractivity contribution in [2.75, 3.05) is 5.32 Å². The van der Waals surface area contributed by atoms with E-state index in [9.17, 15) is 10.1 Å². The lowest BCUT2D eigenvalue weighted by atomic mass is 10.2. The molecule has 0 aliphatic rings. The van der Waals surface area contributed by atoms with Gasteiger partial charge in [0.1, 0.15) is 12.1 Å². The van der Waals surface area contributed by atoms with Crippen molar-refractivity contribution in [2.24, 2.45) is 0 Å². The number of nitro benzene ring substituents is 1. The molecule has 2 heterocycles. The number of benzene rings is 1. The van der Waals surface area contributed by atoms with Crippen LogP contribution in [0.3, 0.4) is 0 Å². The van der Waals surface area contributed by atoms with Crippen molar-refractivity contribution < 1.29 is 4.92 Å². The molecule has 0 unspecified atom stereocenters. The molecule has 0 spiro atoms. The first-order valence-electron chi connectivity index (χ1n) is 6.31. The van der Waals surface area contributed by atoms with E-state index >= 15 is 0 Å². The lowest BCUT2D eigenvalue weighted by molar-refractivity contribution is -0.384. The summed E-state index contributed by atoms with van der Waals surface area (Å²) in [5.41, 5.74) is 2.99. The van der Waals surface area contributed by atoms with Gasteiger partial charge in [0.15, 0.2) is 0 Å². The van der Waals surface area contributed by atoms with Gasteiger partial charge >= 0.3 is 0 Å². The average Bonchev–Trinajstić information content (AvgIpc) is 2.88.